The molecule has 0 aliphatic rings. The lowest BCUT2D eigenvalue weighted by molar-refractivity contribution is 0.145. The molecule has 0 amide bonds. The number of hydrogen-bond acceptors (Lipinski definition) is 2. The Hall–Kier alpha value is -1.20. The Morgan fingerprint density at radius 2 is 1.76 bits per heavy atom. The summed E-state index contributed by atoms with van der Waals surface area (Å²) in [6.07, 6.45) is -1.17. The third-order valence-corrected chi connectivity index (χ3v) is 3.92. The molecule has 112 valence electrons. The van der Waals surface area contributed by atoms with E-state index in [4.69, 9.17) is 28.9 Å². The lowest BCUT2D eigenvalue weighted by Gasteiger charge is -2.23. The average molecular weight is 332 g/mol. The molecule has 0 aliphatic carbocycles. The van der Waals surface area contributed by atoms with Gasteiger partial charge in [0.15, 0.2) is 0 Å². The second-order valence-corrected chi connectivity index (χ2v) is 5.41. The van der Waals surface area contributed by atoms with Gasteiger partial charge < -0.3 is 10.8 Å². The van der Waals surface area contributed by atoms with Crippen molar-refractivity contribution >= 4 is 23.2 Å². The van der Waals surface area contributed by atoms with Crippen LogP contribution in [0, 0.1) is 11.6 Å². The van der Waals surface area contributed by atoms with Gasteiger partial charge in [-0.15, -0.1) is 0 Å². The fraction of sp³-hybridized carbons (Fsp3) is 0.200. The molecule has 2 unspecified atom stereocenters. The monoisotopic (exact) mass is 331 g/mol. The number of halogens is 4. The molecule has 0 aromatic heterocycles. The van der Waals surface area contributed by atoms with Crippen molar-refractivity contribution in [2.24, 2.45) is 5.73 Å². The number of aliphatic hydroxyl groups is 1. The van der Waals surface area contributed by atoms with E-state index in [2.05, 4.69) is 0 Å². The van der Waals surface area contributed by atoms with Gasteiger partial charge >= 0.3 is 0 Å². The molecule has 0 saturated heterocycles. The van der Waals surface area contributed by atoms with Gasteiger partial charge in [-0.2, -0.15) is 0 Å². The molecular formula is C15H13Cl2F2NO. The van der Waals surface area contributed by atoms with Crippen LogP contribution in [0.15, 0.2) is 36.4 Å². The van der Waals surface area contributed by atoms with Crippen molar-refractivity contribution in [2.45, 2.75) is 12.0 Å². The Morgan fingerprint density at radius 3 is 2.38 bits per heavy atom. The second-order valence-electron chi connectivity index (χ2n) is 4.60. The molecule has 0 fully saturated rings. The molecule has 2 rings (SSSR count). The van der Waals surface area contributed by atoms with Gasteiger partial charge in [0.2, 0.25) is 0 Å². The molecule has 21 heavy (non-hydrogen) atoms. The maximum atomic E-state index is 14.1. The first-order valence-electron chi connectivity index (χ1n) is 6.22. The van der Waals surface area contributed by atoms with E-state index in [0.717, 1.165) is 6.07 Å². The molecule has 0 spiro atoms. The minimum Gasteiger partial charge on any atom is -0.388 e. The zero-order valence-corrected chi connectivity index (χ0v) is 12.4. The number of hydrogen-bond donors (Lipinski definition) is 2. The van der Waals surface area contributed by atoms with Crippen LogP contribution in [0.1, 0.15) is 23.1 Å². The largest absolute Gasteiger partial charge is 0.388 e. The van der Waals surface area contributed by atoms with Gasteiger partial charge in [0.25, 0.3) is 0 Å². The summed E-state index contributed by atoms with van der Waals surface area (Å²) in [6.45, 7) is -0.0217. The van der Waals surface area contributed by atoms with Gasteiger partial charge in [-0.1, -0.05) is 41.4 Å². The normalized spacial score (nSPS) is 14.0. The molecule has 0 heterocycles. The van der Waals surface area contributed by atoms with Crippen molar-refractivity contribution in [1.82, 2.24) is 0 Å². The summed E-state index contributed by atoms with van der Waals surface area (Å²) in [5.41, 5.74) is 6.13. The standard InChI is InChI=1S/C15H13Cl2F2NO/c16-12-3-1-2-9(14(12)19)11(7-20)15(21)10-5-4-8(18)6-13(10)17/h1-6,11,15,21H,7,20H2. The van der Waals surface area contributed by atoms with Gasteiger partial charge in [0.1, 0.15) is 11.6 Å². The second kappa shape index (κ2) is 6.71. The van der Waals surface area contributed by atoms with Crippen LogP contribution < -0.4 is 5.73 Å². The van der Waals surface area contributed by atoms with E-state index in [-0.39, 0.29) is 27.7 Å². The smallest absolute Gasteiger partial charge is 0.145 e. The van der Waals surface area contributed by atoms with E-state index in [1.54, 1.807) is 6.07 Å². The summed E-state index contributed by atoms with van der Waals surface area (Å²) < 4.78 is 27.2. The lowest BCUT2D eigenvalue weighted by atomic mass is 9.89. The maximum Gasteiger partial charge on any atom is 0.145 e. The highest BCUT2D eigenvalue weighted by molar-refractivity contribution is 6.31. The Labute approximate surface area is 131 Å². The van der Waals surface area contributed by atoms with Gasteiger partial charge in [0.05, 0.1) is 11.1 Å². The van der Waals surface area contributed by atoms with Crippen LogP contribution in [0.3, 0.4) is 0 Å². The number of nitrogens with two attached hydrogens (primary N) is 1. The molecule has 2 nitrogen and oxygen atoms in total. The summed E-state index contributed by atoms with van der Waals surface area (Å²) in [5, 5.41) is 10.4. The molecular weight excluding hydrogens is 319 g/mol. The van der Waals surface area contributed by atoms with Crippen LogP contribution in [-0.4, -0.2) is 11.7 Å². The Kier molecular flexibility index (Phi) is 5.17. The first-order valence-corrected chi connectivity index (χ1v) is 6.98. The van der Waals surface area contributed by atoms with E-state index in [0.29, 0.717) is 0 Å². The Bertz CT molecular complexity index is 652. The predicted octanol–water partition coefficient (Wildman–Crippen LogP) is 4.05. The first kappa shape index (κ1) is 16.2. The van der Waals surface area contributed by atoms with Crippen molar-refractivity contribution in [2.75, 3.05) is 6.54 Å². The predicted molar refractivity (Wildman–Crippen MR) is 79.6 cm³/mol. The zero-order chi connectivity index (χ0) is 15.6. The molecule has 0 bridgehead atoms. The highest BCUT2D eigenvalue weighted by Gasteiger charge is 2.26. The molecule has 0 radical (unpaired) electrons. The fourth-order valence-corrected chi connectivity index (χ4v) is 2.65. The zero-order valence-electron chi connectivity index (χ0n) is 10.9. The lowest BCUT2D eigenvalue weighted by Crippen LogP contribution is -2.21. The summed E-state index contributed by atoms with van der Waals surface area (Å²) in [7, 11) is 0. The maximum absolute atomic E-state index is 14.1. The summed E-state index contributed by atoms with van der Waals surface area (Å²) in [5.74, 6) is -1.90. The quantitative estimate of drug-likeness (QED) is 0.887. The Balaban J connectivity index is 2.43. The fourth-order valence-electron chi connectivity index (χ4n) is 2.19. The molecule has 6 heteroatoms. The molecule has 2 aromatic rings. The number of benzene rings is 2. The first-order chi connectivity index (χ1) is 9.95. The van der Waals surface area contributed by atoms with Crippen molar-refractivity contribution in [3.8, 4) is 0 Å². The minimum absolute atomic E-state index is 0.0217. The molecule has 0 aliphatic heterocycles. The molecule has 3 N–H and O–H groups in total. The van der Waals surface area contributed by atoms with Crippen LogP contribution in [-0.2, 0) is 0 Å². The van der Waals surface area contributed by atoms with Crippen molar-refractivity contribution in [1.29, 1.82) is 0 Å². The van der Waals surface area contributed by atoms with E-state index in [9.17, 15) is 13.9 Å². The van der Waals surface area contributed by atoms with Crippen LogP contribution in [0.25, 0.3) is 0 Å². The van der Waals surface area contributed by atoms with Gasteiger partial charge in [0, 0.05) is 17.5 Å². The van der Waals surface area contributed by atoms with E-state index in [1.807, 2.05) is 0 Å². The van der Waals surface area contributed by atoms with Crippen LogP contribution in [0.5, 0.6) is 0 Å². The van der Waals surface area contributed by atoms with Gasteiger partial charge in [-0.05, 0) is 29.3 Å². The average Bonchev–Trinajstić information content (AvgIpc) is 2.44. The van der Waals surface area contributed by atoms with E-state index < -0.39 is 23.7 Å². The Morgan fingerprint density at radius 1 is 1.05 bits per heavy atom. The van der Waals surface area contributed by atoms with Crippen molar-refractivity contribution in [3.05, 3.63) is 69.2 Å². The highest BCUT2D eigenvalue weighted by Crippen LogP contribution is 2.36. The number of rotatable bonds is 4. The topological polar surface area (TPSA) is 46.2 Å². The molecule has 0 saturated carbocycles. The summed E-state index contributed by atoms with van der Waals surface area (Å²) in [6, 6.07) is 8.09. The van der Waals surface area contributed by atoms with E-state index >= 15 is 0 Å². The SMILES string of the molecule is NCC(c1cccc(Cl)c1F)C(O)c1ccc(F)cc1Cl. The van der Waals surface area contributed by atoms with Crippen molar-refractivity contribution < 1.29 is 13.9 Å². The van der Waals surface area contributed by atoms with Gasteiger partial charge in [-0.25, -0.2) is 8.78 Å². The van der Waals surface area contributed by atoms with Crippen molar-refractivity contribution in [3.63, 3.8) is 0 Å². The summed E-state index contributed by atoms with van der Waals surface area (Å²) in [4.78, 5) is 0. The molecule has 2 aromatic carbocycles. The minimum atomic E-state index is -1.17. The third-order valence-electron chi connectivity index (χ3n) is 3.30. The van der Waals surface area contributed by atoms with Gasteiger partial charge in [-0.3, -0.25) is 0 Å². The van der Waals surface area contributed by atoms with Crippen LogP contribution in [0.4, 0.5) is 8.78 Å². The molecule has 2 atom stereocenters. The summed E-state index contributed by atoms with van der Waals surface area (Å²) >= 11 is 11.7. The number of aliphatic hydroxyl groups excluding tert-OH is 1. The van der Waals surface area contributed by atoms with E-state index in [1.165, 1.54) is 24.3 Å². The van der Waals surface area contributed by atoms with Crippen LogP contribution >= 0.6 is 23.2 Å². The highest BCUT2D eigenvalue weighted by atomic mass is 35.5. The third kappa shape index (κ3) is 3.35. The van der Waals surface area contributed by atoms with Crippen LogP contribution in [0.2, 0.25) is 10.0 Å².